The summed E-state index contributed by atoms with van der Waals surface area (Å²) in [4.78, 5) is 23.0. The average Bonchev–Trinajstić information content (AvgIpc) is 2.95. The van der Waals surface area contributed by atoms with Crippen molar-refractivity contribution in [1.29, 1.82) is 0 Å². The zero-order valence-corrected chi connectivity index (χ0v) is 9.34. The molecule has 0 aliphatic rings. The number of aromatic nitrogens is 2. The third-order valence-electron chi connectivity index (χ3n) is 2.18. The van der Waals surface area contributed by atoms with Crippen LogP contribution < -0.4 is 0 Å². The molecule has 0 saturated heterocycles. The molecule has 88 valence electrons. The van der Waals surface area contributed by atoms with Gasteiger partial charge in [0.15, 0.2) is 5.76 Å². The lowest BCUT2D eigenvalue weighted by Gasteiger charge is -1.94. The van der Waals surface area contributed by atoms with Crippen molar-refractivity contribution >= 4 is 11.8 Å². The zero-order chi connectivity index (χ0) is 12.4. The Bertz CT molecular complexity index is 568. The maximum atomic E-state index is 11.9. The summed E-state index contributed by atoms with van der Waals surface area (Å²) in [6, 6.07) is 2.83. The van der Waals surface area contributed by atoms with Crippen LogP contribution in [0.5, 0.6) is 0 Å². The summed E-state index contributed by atoms with van der Waals surface area (Å²) in [7, 11) is 2.95. The van der Waals surface area contributed by atoms with Crippen molar-refractivity contribution in [3.63, 3.8) is 0 Å². The van der Waals surface area contributed by atoms with Crippen molar-refractivity contribution in [2.24, 2.45) is 7.05 Å². The largest absolute Gasteiger partial charge is 0.463 e. The van der Waals surface area contributed by atoms with Crippen LogP contribution in [0.25, 0.3) is 0 Å². The van der Waals surface area contributed by atoms with Crippen LogP contribution >= 0.6 is 0 Å². The van der Waals surface area contributed by atoms with Crippen molar-refractivity contribution in [2.45, 2.75) is 0 Å². The Hall–Kier alpha value is -2.37. The van der Waals surface area contributed by atoms with Crippen LogP contribution in [-0.4, -0.2) is 28.6 Å². The van der Waals surface area contributed by atoms with Crippen LogP contribution in [0.3, 0.4) is 0 Å². The maximum Gasteiger partial charge on any atom is 0.373 e. The molecule has 2 aromatic heterocycles. The van der Waals surface area contributed by atoms with E-state index in [1.807, 2.05) is 0 Å². The van der Waals surface area contributed by atoms with Crippen LogP contribution in [0, 0.1) is 0 Å². The highest BCUT2D eigenvalue weighted by Crippen LogP contribution is 2.13. The normalized spacial score (nSPS) is 10.2. The highest BCUT2D eigenvalue weighted by Gasteiger charge is 2.18. The third-order valence-corrected chi connectivity index (χ3v) is 2.18. The molecule has 0 fully saturated rings. The molecule has 0 aliphatic heterocycles. The molecule has 0 spiro atoms. The number of furan rings is 1. The lowest BCUT2D eigenvalue weighted by molar-refractivity contribution is 0.0563. The fraction of sp³-hybridized carbons (Fsp3) is 0.182. The van der Waals surface area contributed by atoms with E-state index in [4.69, 9.17) is 4.42 Å². The number of methoxy groups -OCH3 is 1. The van der Waals surface area contributed by atoms with E-state index in [2.05, 4.69) is 9.84 Å². The summed E-state index contributed by atoms with van der Waals surface area (Å²) >= 11 is 0. The zero-order valence-electron chi connectivity index (χ0n) is 9.34. The number of hydrogen-bond donors (Lipinski definition) is 0. The van der Waals surface area contributed by atoms with Gasteiger partial charge in [-0.3, -0.25) is 9.48 Å². The van der Waals surface area contributed by atoms with Crippen LogP contribution in [0.2, 0.25) is 0 Å². The average molecular weight is 234 g/mol. The summed E-state index contributed by atoms with van der Waals surface area (Å²) in [5, 5.41) is 3.88. The van der Waals surface area contributed by atoms with Gasteiger partial charge in [-0.15, -0.1) is 0 Å². The van der Waals surface area contributed by atoms with Crippen LogP contribution in [0.4, 0.5) is 0 Å². The first kappa shape index (κ1) is 11.1. The Kier molecular flexibility index (Phi) is 2.78. The van der Waals surface area contributed by atoms with Crippen molar-refractivity contribution < 1.29 is 18.7 Å². The Morgan fingerprint density at radius 1 is 1.35 bits per heavy atom. The molecule has 0 atom stereocenters. The molecule has 6 nitrogen and oxygen atoms in total. The van der Waals surface area contributed by atoms with Gasteiger partial charge in [-0.25, -0.2) is 4.79 Å². The maximum absolute atomic E-state index is 11.9. The number of esters is 1. The molecule has 0 aliphatic carbocycles. The first-order valence-electron chi connectivity index (χ1n) is 4.83. The first-order valence-corrected chi connectivity index (χ1v) is 4.83. The Morgan fingerprint density at radius 3 is 2.65 bits per heavy atom. The van der Waals surface area contributed by atoms with Gasteiger partial charge in [0.25, 0.3) is 0 Å². The van der Waals surface area contributed by atoms with Gasteiger partial charge in [0.2, 0.25) is 11.5 Å². The molecule has 0 radical (unpaired) electrons. The van der Waals surface area contributed by atoms with Gasteiger partial charge in [-0.05, 0) is 12.1 Å². The molecule has 17 heavy (non-hydrogen) atoms. The summed E-state index contributed by atoms with van der Waals surface area (Å²) < 4.78 is 11.1. The van der Waals surface area contributed by atoms with Gasteiger partial charge in [-0.1, -0.05) is 0 Å². The number of rotatable bonds is 3. The Labute approximate surface area is 96.8 Å². The van der Waals surface area contributed by atoms with E-state index < -0.39 is 5.97 Å². The van der Waals surface area contributed by atoms with Crippen molar-refractivity contribution in [3.05, 3.63) is 41.6 Å². The second-order valence-corrected chi connectivity index (χ2v) is 3.39. The van der Waals surface area contributed by atoms with Gasteiger partial charge >= 0.3 is 5.97 Å². The number of ether oxygens (including phenoxy) is 1. The SMILES string of the molecule is COC(=O)c1ccc(C(=O)c2cnn(C)c2)o1. The second-order valence-electron chi connectivity index (χ2n) is 3.39. The van der Waals surface area contributed by atoms with Crippen molar-refractivity contribution in [3.8, 4) is 0 Å². The van der Waals surface area contributed by atoms with Gasteiger partial charge < -0.3 is 9.15 Å². The van der Waals surface area contributed by atoms with E-state index in [0.29, 0.717) is 5.56 Å². The van der Waals surface area contributed by atoms with E-state index in [1.165, 1.54) is 30.1 Å². The highest BCUT2D eigenvalue weighted by atomic mass is 16.5. The lowest BCUT2D eigenvalue weighted by Crippen LogP contribution is -2.00. The van der Waals surface area contributed by atoms with E-state index in [-0.39, 0.29) is 17.3 Å². The van der Waals surface area contributed by atoms with Crippen molar-refractivity contribution in [1.82, 2.24) is 9.78 Å². The molecular weight excluding hydrogens is 224 g/mol. The van der Waals surface area contributed by atoms with E-state index >= 15 is 0 Å². The number of ketones is 1. The molecule has 0 amide bonds. The monoisotopic (exact) mass is 234 g/mol. The summed E-state index contributed by atoms with van der Waals surface area (Å²) in [5.41, 5.74) is 0.401. The molecule has 2 aromatic rings. The smallest absolute Gasteiger partial charge is 0.373 e. The predicted molar refractivity (Wildman–Crippen MR) is 56.7 cm³/mol. The number of carbonyl (C=O) groups is 2. The second kappa shape index (κ2) is 4.25. The van der Waals surface area contributed by atoms with Gasteiger partial charge in [0.05, 0.1) is 18.9 Å². The standard InChI is InChI=1S/C11H10N2O4/c1-13-6-7(5-12-13)10(14)8-3-4-9(17-8)11(15)16-2/h3-6H,1-2H3. The summed E-state index contributed by atoms with van der Waals surface area (Å²) in [6.45, 7) is 0. The van der Waals surface area contributed by atoms with Gasteiger partial charge in [0.1, 0.15) is 0 Å². The number of nitrogens with zero attached hydrogens (tertiary/aromatic N) is 2. The fourth-order valence-corrected chi connectivity index (χ4v) is 1.35. The van der Waals surface area contributed by atoms with E-state index in [0.717, 1.165) is 0 Å². The molecule has 2 rings (SSSR count). The minimum atomic E-state index is -0.616. The summed E-state index contributed by atoms with van der Waals surface area (Å²) in [5.74, 6) is -0.860. The molecule has 0 bridgehead atoms. The summed E-state index contributed by atoms with van der Waals surface area (Å²) in [6.07, 6.45) is 3.01. The molecule has 0 aromatic carbocycles. The van der Waals surface area contributed by atoms with Crippen LogP contribution in [-0.2, 0) is 11.8 Å². The molecular formula is C11H10N2O4. The lowest BCUT2D eigenvalue weighted by atomic mass is 10.2. The highest BCUT2D eigenvalue weighted by molar-refractivity contribution is 6.07. The number of carbonyl (C=O) groups excluding carboxylic acids is 2. The minimum absolute atomic E-state index is 0.000240. The third kappa shape index (κ3) is 2.10. The molecule has 6 heteroatoms. The number of aryl methyl sites for hydroxylation is 1. The van der Waals surface area contributed by atoms with Gasteiger partial charge in [-0.2, -0.15) is 5.10 Å². The Balaban J connectivity index is 2.26. The molecule has 0 N–H and O–H groups in total. The molecule has 0 unspecified atom stereocenters. The Morgan fingerprint density at radius 2 is 2.06 bits per heavy atom. The first-order chi connectivity index (χ1) is 8.11. The molecule has 0 saturated carbocycles. The van der Waals surface area contributed by atoms with Crippen LogP contribution in [0.1, 0.15) is 26.7 Å². The predicted octanol–water partition coefficient (Wildman–Crippen LogP) is 1.03. The molecule has 2 heterocycles. The minimum Gasteiger partial charge on any atom is -0.463 e. The van der Waals surface area contributed by atoms with Crippen molar-refractivity contribution in [2.75, 3.05) is 7.11 Å². The van der Waals surface area contributed by atoms with E-state index in [1.54, 1.807) is 13.2 Å². The number of hydrogen-bond acceptors (Lipinski definition) is 5. The topological polar surface area (TPSA) is 74.3 Å². The fourth-order valence-electron chi connectivity index (χ4n) is 1.35. The van der Waals surface area contributed by atoms with Gasteiger partial charge in [0, 0.05) is 13.2 Å². The van der Waals surface area contributed by atoms with Crippen LogP contribution in [0.15, 0.2) is 28.9 Å². The quantitative estimate of drug-likeness (QED) is 0.585. The van der Waals surface area contributed by atoms with E-state index in [9.17, 15) is 9.59 Å².